The fourth-order valence-electron chi connectivity index (χ4n) is 9.34. The maximum atomic E-state index is 12.3. The second kappa shape index (κ2) is 8.41. The molecule has 0 aromatic heterocycles. The van der Waals surface area contributed by atoms with Crippen LogP contribution in [0.5, 0.6) is 0 Å². The molecule has 0 heterocycles. The van der Waals surface area contributed by atoms with Crippen molar-refractivity contribution in [2.45, 2.75) is 128 Å². The zero-order valence-corrected chi connectivity index (χ0v) is 21.2. The quantitative estimate of drug-likeness (QED) is 0.369. The van der Waals surface area contributed by atoms with Crippen LogP contribution in [0.15, 0.2) is 0 Å². The summed E-state index contributed by atoms with van der Waals surface area (Å²) >= 11 is 0. The van der Waals surface area contributed by atoms with Crippen LogP contribution in [0.1, 0.15) is 92.4 Å². The second-order valence-electron chi connectivity index (χ2n) is 13.3. The minimum atomic E-state index is -1.42. The normalized spacial score (nSPS) is 53.8. The molecule has 0 radical (unpaired) electrons. The minimum Gasteiger partial charge on any atom is -0.393 e. The van der Waals surface area contributed by atoms with Gasteiger partial charge in [0.1, 0.15) is 0 Å². The molecule has 0 aliphatic heterocycles. The minimum absolute atomic E-state index is 0.0426. The van der Waals surface area contributed by atoms with Crippen LogP contribution in [0.2, 0.25) is 0 Å². The molecule has 6 nitrogen and oxygen atoms in total. The van der Waals surface area contributed by atoms with Crippen molar-refractivity contribution in [3.05, 3.63) is 0 Å². The van der Waals surface area contributed by atoms with E-state index in [1.54, 1.807) is 0 Å². The largest absolute Gasteiger partial charge is 0.393 e. The van der Waals surface area contributed by atoms with Crippen LogP contribution < -0.4 is 0 Å². The zero-order valence-electron chi connectivity index (χ0n) is 21.2. The van der Waals surface area contributed by atoms with E-state index in [2.05, 4.69) is 13.8 Å². The molecule has 0 spiro atoms. The zero-order chi connectivity index (χ0) is 24.6. The summed E-state index contributed by atoms with van der Waals surface area (Å²) in [5, 5.41) is 67.0. The van der Waals surface area contributed by atoms with Gasteiger partial charge in [0.15, 0.2) is 0 Å². The van der Waals surface area contributed by atoms with Crippen molar-refractivity contribution in [2.24, 2.45) is 40.4 Å². The van der Waals surface area contributed by atoms with Crippen LogP contribution in [-0.2, 0) is 0 Å². The van der Waals surface area contributed by atoms with Crippen molar-refractivity contribution in [1.82, 2.24) is 0 Å². The van der Waals surface area contributed by atoms with E-state index >= 15 is 0 Å². The molecule has 12 unspecified atom stereocenters. The predicted molar refractivity (Wildman–Crippen MR) is 126 cm³/mol. The number of rotatable bonds is 5. The van der Waals surface area contributed by atoms with Crippen molar-refractivity contribution >= 4 is 0 Å². The molecule has 4 saturated carbocycles. The van der Waals surface area contributed by atoms with E-state index in [9.17, 15) is 30.6 Å². The Bertz CT molecular complexity index is 729. The Hall–Kier alpha value is -0.240. The molecule has 6 heteroatoms. The summed E-state index contributed by atoms with van der Waals surface area (Å²) in [6, 6.07) is 0. The lowest BCUT2D eigenvalue weighted by Gasteiger charge is -2.68. The topological polar surface area (TPSA) is 121 Å². The Morgan fingerprint density at radius 2 is 1.58 bits per heavy atom. The second-order valence-corrected chi connectivity index (χ2v) is 13.3. The summed E-state index contributed by atoms with van der Waals surface area (Å²) in [6.45, 7) is 10.5. The van der Waals surface area contributed by atoms with Crippen molar-refractivity contribution in [3.63, 3.8) is 0 Å². The third-order valence-electron chi connectivity index (χ3n) is 11.3. The molecule has 4 aliphatic rings. The van der Waals surface area contributed by atoms with Crippen LogP contribution >= 0.6 is 0 Å². The molecule has 4 aliphatic carbocycles. The van der Waals surface area contributed by atoms with E-state index in [0.29, 0.717) is 25.2 Å². The molecule has 0 amide bonds. The van der Waals surface area contributed by atoms with Gasteiger partial charge in [-0.2, -0.15) is 0 Å². The van der Waals surface area contributed by atoms with E-state index in [1.165, 1.54) is 0 Å². The van der Waals surface area contributed by atoms with Gasteiger partial charge in [-0.3, -0.25) is 0 Å². The third-order valence-corrected chi connectivity index (χ3v) is 11.3. The van der Waals surface area contributed by atoms with Gasteiger partial charge in [-0.1, -0.05) is 34.6 Å². The van der Waals surface area contributed by atoms with Crippen molar-refractivity contribution in [3.8, 4) is 0 Å². The van der Waals surface area contributed by atoms with Crippen LogP contribution in [0.25, 0.3) is 0 Å². The van der Waals surface area contributed by atoms with E-state index < -0.39 is 34.9 Å². The van der Waals surface area contributed by atoms with Gasteiger partial charge in [-0.25, -0.2) is 0 Å². The highest BCUT2D eigenvalue weighted by atomic mass is 16.4. The van der Waals surface area contributed by atoms with Gasteiger partial charge in [0.05, 0.1) is 35.6 Å². The lowest BCUT2D eigenvalue weighted by Crippen LogP contribution is -2.75. The van der Waals surface area contributed by atoms with Gasteiger partial charge in [-0.15, -0.1) is 0 Å². The van der Waals surface area contributed by atoms with Gasteiger partial charge in [0, 0.05) is 24.2 Å². The van der Waals surface area contributed by atoms with Crippen molar-refractivity contribution < 1.29 is 30.6 Å². The molecule has 0 saturated heterocycles. The van der Waals surface area contributed by atoms with Gasteiger partial charge < -0.3 is 30.6 Å². The smallest absolute Gasteiger partial charge is 0.0987 e. The molecule has 4 fully saturated rings. The van der Waals surface area contributed by atoms with Gasteiger partial charge in [0.25, 0.3) is 0 Å². The summed E-state index contributed by atoms with van der Waals surface area (Å²) in [7, 11) is 0. The molecule has 0 aromatic rings. The standard InChI is InChI=1S/C27H48O6/c1-15(2)19(29)7-6-16(3)18-12-20(30)23-24(18,4)10-9-21-25(5)11-8-17(28)13-27(25,33)22(31)14-26(21,23)32/h15-23,28-33H,6-14H2,1-5H3. The first kappa shape index (κ1) is 25.8. The fourth-order valence-corrected chi connectivity index (χ4v) is 9.34. The SMILES string of the molecule is CC(C)C(O)CCC(C)C1CC(O)C2C1(C)CCC1C2(O)CC(O)C2(O)CC(O)CCC12C. The Balaban J connectivity index is 1.63. The van der Waals surface area contributed by atoms with E-state index in [0.717, 1.165) is 25.7 Å². The summed E-state index contributed by atoms with van der Waals surface area (Å²) in [5.41, 5.74) is -3.63. The number of aliphatic hydroxyl groups excluding tert-OH is 4. The maximum Gasteiger partial charge on any atom is 0.0987 e. The summed E-state index contributed by atoms with van der Waals surface area (Å²) in [6.07, 6.45) is 2.42. The van der Waals surface area contributed by atoms with Crippen molar-refractivity contribution in [1.29, 1.82) is 0 Å². The van der Waals surface area contributed by atoms with E-state index in [4.69, 9.17) is 0 Å². The van der Waals surface area contributed by atoms with Crippen LogP contribution in [0, 0.1) is 40.4 Å². The highest BCUT2D eigenvalue weighted by Crippen LogP contribution is 2.70. The molecule has 192 valence electrons. The Labute approximate surface area is 199 Å². The predicted octanol–water partition coefficient (Wildman–Crippen LogP) is 2.61. The molecule has 0 bridgehead atoms. The molecule has 33 heavy (non-hydrogen) atoms. The number of hydrogen-bond donors (Lipinski definition) is 6. The van der Waals surface area contributed by atoms with Crippen LogP contribution in [-0.4, -0.2) is 66.3 Å². The maximum absolute atomic E-state index is 12.3. The first-order chi connectivity index (χ1) is 15.2. The summed E-state index contributed by atoms with van der Waals surface area (Å²) in [4.78, 5) is 0. The molecule has 0 aromatic carbocycles. The molecule has 12 atom stereocenters. The van der Waals surface area contributed by atoms with Gasteiger partial charge in [0.2, 0.25) is 0 Å². The average Bonchev–Trinajstić information content (AvgIpc) is 2.99. The fraction of sp³-hybridized carbons (Fsp3) is 1.00. The summed E-state index contributed by atoms with van der Waals surface area (Å²) in [5.74, 6) is 0.197. The monoisotopic (exact) mass is 468 g/mol. The van der Waals surface area contributed by atoms with Crippen LogP contribution in [0.3, 0.4) is 0 Å². The lowest BCUT2D eigenvalue weighted by molar-refractivity contribution is -0.315. The number of hydrogen-bond acceptors (Lipinski definition) is 6. The summed E-state index contributed by atoms with van der Waals surface area (Å²) < 4.78 is 0. The number of fused-ring (bicyclic) bond motifs is 5. The Kier molecular flexibility index (Phi) is 6.59. The Morgan fingerprint density at radius 1 is 0.909 bits per heavy atom. The highest BCUT2D eigenvalue weighted by molar-refractivity contribution is 5.23. The van der Waals surface area contributed by atoms with Gasteiger partial charge >= 0.3 is 0 Å². The average molecular weight is 469 g/mol. The first-order valence-corrected chi connectivity index (χ1v) is 13.4. The van der Waals surface area contributed by atoms with E-state index in [1.807, 2.05) is 20.8 Å². The lowest BCUT2D eigenvalue weighted by atomic mass is 9.40. The first-order valence-electron chi connectivity index (χ1n) is 13.4. The number of aliphatic hydroxyl groups is 6. The molecule has 6 N–H and O–H groups in total. The Morgan fingerprint density at radius 3 is 2.21 bits per heavy atom. The molecular weight excluding hydrogens is 420 g/mol. The molecular formula is C27H48O6. The third kappa shape index (κ3) is 3.65. The van der Waals surface area contributed by atoms with E-state index in [-0.39, 0.29) is 48.0 Å². The molecule has 4 rings (SSSR count). The van der Waals surface area contributed by atoms with Crippen LogP contribution in [0.4, 0.5) is 0 Å². The highest BCUT2D eigenvalue weighted by Gasteiger charge is 2.74. The van der Waals surface area contributed by atoms with Crippen molar-refractivity contribution in [2.75, 3.05) is 0 Å². The van der Waals surface area contributed by atoms with Gasteiger partial charge in [-0.05, 0) is 74.0 Å².